The third-order valence-electron chi connectivity index (χ3n) is 3.53. The summed E-state index contributed by atoms with van der Waals surface area (Å²) < 4.78 is 27.7. The largest absolute Gasteiger partial charge is 0.450 e. The summed E-state index contributed by atoms with van der Waals surface area (Å²) in [6, 6.07) is 0.366. The fourth-order valence-corrected chi connectivity index (χ4v) is 3.10. The Morgan fingerprint density at radius 2 is 1.95 bits per heavy atom. The van der Waals surface area contributed by atoms with Gasteiger partial charge < -0.3 is 15.0 Å². The molecule has 0 aliphatic carbocycles. The molecule has 0 aromatic heterocycles. The molecule has 0 radical (unpaired) electrons. The highest BCUT2D eigenvalue weighted by atomic mass is 32.2. The summed E-state index contributed by atoms with van der Waals surface area (Å²) in [4.78, 5) is 13.3. The molecule has 1 aliphatic rings. The van der Waals surface area contributed by atoms with Gasteiger partial charge in [0.25, 0.3) is 0 Å². The highest BCUT2D eigenvalue weighted by Crippen LogP contribution is 2.11. The normalized spacial score (nSPS) is 17.2. The highest BCUT2D eigenvalue weighted by Gasteiger charge is 2.23. The van der Waals surface area contributed by atoms with E-state index in [4.69, 9.17) is 4.74 Å². The topological polar surface area (TPSA) is 75.7 Å². The Labute approximate surface area is 121 Å². The van der Waals surface area contributed by atoms with E-state index in [2.05, 4.69) is 5.32 Å². The molecular formula is C13H26N2O4S. The quantitative estimate of drug-likeness (QED) is 0.711. The first-order valence-electron chi connectivity index (χ1n) is 7.34. The lowest BCUT2D eigenvalue weighted by Gasteiger charge is -2.31. The van der Waals surface area contributed by atoms with Crippen LogP contribution in [0.3, 0.4) is 0 Å². The van der Waals surface area contributed by atoms with Gasteiger partial charge in [0.05, 0.1) is 12.4 Å². The second-order valence-electron chi connectivity index (χ2n) is 5.00. The van der Waals surface area contributed by atoms with E-state index in [1.807, 2.05) is 0 Å². The predicted molar refractivity (Wildman–Crippen MR) is 78.6 cm³/mol. The second-order valence-corrected chi connectivity index (χ2v) is 7.48. The molecule has 1 rings (SSSR count). The van der Waals surface area contributed by atoms with Crippen LogP contribution in [0.1, 0.15) is 33.1 Å². The van der Waals surface area contributed by atoms with Gasteiger partial charge in [-0.25, -0.2) is 13.2 Å². The third-order valence-corrected chi connectivity index (χ3v) is 5.32. The van der Waals surface area contributed by atoms with Crippen molar-refractivity contribution in [3.8, 4) is 0 Å². The number of carbonyl (C=O) groups is 1. The van der Waals surface area contributed by atoms with Crippen LogP contribution in [0.2, 0.25) is 0 Å². The first kappa shape index (κ1) is 17.2. The fourth-order valence-electron chi connectivity index (χ4n) is 2.22. The van der Waals surface area contributed by atoms with Crippen molar-refractivity contribution >= 4 is 15.9 Å². The van der Waals surface area contributed by atoms with Crippen molar-refractivity contribution in [3.63, 3.8) is 0 Å². The van der Waals surface area contributed by atoms with Gasteiger partial charge in [-0.2, -0.15) is 0 Å². The molecule has 1 heterocycles. The monoisotopic (exact) mass is 306 g/mol. The zero-order valence-electron chi connectivity index (χ0n) is 12.4. The molecule has 1 N–H and O–H groups in total. The third kappa shape index (κ3) is 6.09. The molecule has 0 saturated carbocycles. The van der Waals surface area contributed by atoms with E-state index in [1.165, 1.54) is 0 Å². The van der Waals surface area contributed by atoms with Gasteiger partial charge in [-0.3, -0.25) is 0 Å². The molecule has 0 aromatic rings. The Morgan fingerprint density at radius 3 is 2.50 bits per heavy atom. The van der Waals surface area contributed by atoms with Crippen LogP contribution in [-0.4, -0.2) is 63.2 Å². The van der Waals surface area contributed by atoms with Crippen LogP contribution in [-0.2, 0) is 14.6 Å². The van der Waals surface area contributed by atoms with Gasteiger partial charge in [-0.1, -0.05) is 6.92 Å². The van der Waals surface area contributed by atoms with E-state index in [0.717, 1.165) is 12.8 Å². The molecule has 1 saturated heterocycles. The van der Waals surface area contributed by atoms with E-state index < -0.39 is 9.84 Å². The van der Waals surface area contributed by atoms with Crippen LogP contribution in [0, 0.1) is 0 Å². The number of piperidine rings is 1. The molecule has 1 fully saturated rings. The number of amides is 1. The van der Waals surface area contributed by atoms with Gasteiger partial charge in [0, 0.05) is 24.9 Å². The molecule has 0 spiro atoms. The first-order chi connectivity index (χ1) is 9.48. The van der Waals surface area contributed by atoms with Crippen LogP contribution in [0.4, 0.5) is 4.79 Å². The molecule has 118 valence electrons. The highest BCUT2D eigenvalue weighted by molar-refractivity contribution is 7.91. The smallest absolute Gasteiger partial charge is 0.409 e. The van der Waals surface area contributed by atoms with Crippen molar-refractivity contribution in [1.29, 1.82) is 0 Å². The summed E-state index contributed by atoms with van der Waals surface area (Å²) in [6.07, 6.45) is 2.19. The Bertz CT molecular complexity index is 389. The minimum Gasteiger partial charge on any atom is -0.450 e. The standard InChI is InChI=1S/C13H26N2O4S/c1-3-19-13(16)15-9-6-12(7-10-15)14-8-5-11-20(17,18)4-2/h12,14H,3-11H2,1-2H3. The maximum absolute atomic E-state index is 11.5. The molecular weight excluding hydrogens is 280 g/mol. The summed E-state index contributed by atoms with van der Waals surface area (Å²) in [5.41, 5.74) is 0. The van der Waals surface area contributed by atoms with Crippen LogP contribution in [0.5, 0.6) is 0 Å². The van der Waals surface area contributed by atoms with Crippen LogP contribution < -0.4 is 5.32 Å². The van der Waals surface area contributed by atoms with Crippen LogP contribution in [0.15, 0.2) is 0 Å². The van der Waals surface area contributed by atoms with Gasteiger partial charge in [-0.15, -0.1) is 0 Å². The minimum absolute atomic E-state index is 0.213. The number of ether oxygens (including phenoxy) is 1. The number of nitrogens with zero attached hydrogens (tertiary/aromatic N) is 1. The lowest BCUT2D eigenvalue weighted by atomic mass is 10.1. The van der Waals surface area contributed by atoms with Gasteiger partial charge in [0.1, 0.15) is 9.84 Å². The molecule has 0 bridgehead atoms. The Balaban J connectivity index is 2.15. The van der Waals surface area contributed by atoms with Gasteiger partial charge in [0.2, 0.25) is 0 Å². The maximum atomic E-state index is 11.5. The molecule has 0 atom stereocenters. The van der Waals surface area contributed by atoms with Crippen molar-refractivity contribution in [3.05, 3.63) is 0 Å². The van der Waals surface area contributed by atoms with E-state index >= 15 is 0 Å². The van der Waals surface area contributed by atoms with Crippen molar-refractivity contribution in [1.82, 2.24) is 10.2 Å². The number of hydrogen-bond acceptors (Lipinski definition) is 5. The number of likely N-dealkylation sites (tertiary alicyclic amines) is 1. The van der Waals surface area contributed by atoms with Gasteiger partial charge in [0.15, 0.2) is 0 Å². The summed E-state index contributed by atoms with van der Waals surface area (Å²) in [7, 11) is -2.86. The lowest BCUT2D eigenvalue weighted by Crippen LogP contribution is -2.45. The van der Waals surface area contributed by atoms with E-state index in [-0.39, 0.29) is 17.6 Å². The van der Waals surface area contributed by atoms with Gasteiger partial charge >= 0.3 is 6.09 Å². The summed E-state index contributed by atoms with van der Waals surface area (Å²) in [5, 5.41) is 3.37. The maximum Gasteiger partial charge on any atom is 0.409 e. The summed E-state index contributed by atoms with van der Waals surface area (Å²) in [6.45, 7) is 5.99. The summed E-state index contributed by atoms with van der Waals surface area (Å²) >= 11 is 0. The van der Waals surface area contributed by atoms with E-state index in [9.17, 15) is 13.2 Å². The Hall–Kier alpha value is -0.820. The average Bonchev–Trinajstić information content (AvgIpc) is 2.44. The Kier molecular flexibility index (Phi) is 7.29. The molecule has 0 unspecified atom stereocenters. The van der Waals surface area contributed by atoms with Crippen molar-refractivity contribution in [2.75, 3.05) is 37.7 Å². The van der Waals surface area contributed by atoms with Crippen LogP contribution in [0.25, 0.3) is 0 Å². The first-order valence-corrected chi connectivity index (χ1v) is 9.16. The molecule has 1 amide bonds. The summed E-state index contributed by atoms with van der Waals surface area (Å²) in [5.74, 6) is 0.461. The lowest BCUT2D eigenvalue weighted by molar-refractivity contribution is 0.0951. The molecule has 6 nitrogen and oxygen atoms in total. The predicted octanol–water partition coefficient (Wildman–Crippen LogP) is 1.02. The van der Waals surface area contributed by atoms with E-state index in [1.54, 1.807) is 18.7 Å². The van der Waals surface area contributed by atoms with Crippen molar-refractivity contribution in [2.24, 2.45) is 0 Å². The molecule has 1 aliphatic heterocycles. The van der Waals surface area contributed by atoms with Crippen molar-refractivity contribution < 1.29 is 17.9 Å². The molecule has 7 heteroatoms. The Morgan fingerprint density at radius 1 is 1.30 bits per heavy atom. The van der Waals surface area contributed by atoms with Gasteiger partial charge in [-0.05, 0) is 32.7 Å². The SMILES string of the molecule is CCOC(=O)N1CCC(NCCCS(=O)(=O)CC)CC1. The number of sulfone groups is 1. The molecule has 0 aromatic carbocycles. The van der Waals surface area contributed by atoms with Crippen molar-refractivity contribution in [2.45, 2.75) is 39.2 Å². The zero-order valence-corrected chi connectivity index (χ0v) is 13.2. The molecule has 20 heavy (non-hydrogen) atoms. The number of rotatable bonds is 7. The number of carbonyl (C=O) groups excluding carboxylic acids is 1. The second kappa shape index (κ2) is 8.46. The fraction of sp³-hybridized carbons (Fsp3) is 0.923. The van der Waals surface area contributed by atoms with Crippen LogP contribution >= 0.6 is 0 Å². The average molecular weight is 306 g/mol. The zero-order chi connectivity index (χ0) is 15.0. The number of nitrogens with one attached hydrogen (secondary N) is 1. The number of hydrogen-bond donors (Lipinski definition) is 1. The van der Waals surface area contributed by atoms with E-state index in [0.29, 0.717) is 38.7 Å². The minimum atomic E-state index is -2.86.